The molecule has 0 saturated carbocycles. The molecule has 23 heavy (non-hydrogen) atoms. The standard InChI is InChI=1S/C16H10Cl2N2O3/c17-11-6-13(15(18)19-8-11)16(21)22-9-12-7-14(20-23-12)10-4-2-1-3-5-10/h1-8H,9H2. The fraction of sp³-hybridized carbons (Fsp3) is 0.0625. The minimum Gasteiger partial charge on any atom is -0.454 e. The van der Waals surface area contributed by atoms with Crippen LogP contribution in [0.3, 0.4) is 0 Å². The Balaban J connectivity index is 1.68. The van der Waals surface area contributed by atoms with Gasteiger partial charge in [-0.1, -0.05) is 58.7 Å². The number of ether oxygens (including phenoxy) is 1. The number of benzene rings is 1. The van der Waals surface area contributed by atoms with Gasteiger partial charge >= 0.3 is 5.97 Å². The molecular formula is C16H10Cl2N2O3. The summed E-state index contributed by atoms with van der Waals surface area (Å²) in [6, 6.07) is 12.6. The van der Waals surface area contributed by atoms with E-state index in [1.54, 1.807) is 6.07 Å². The molecule has 3 rings (SSSR count). The second kappa shape index (κ2) is 6.81. The van der Waals surface area contributed by atoms with Crippen LogP contribution in [0.1, 0.15) is 16.1 Å². The summed E-state index contributed by atoms with van der Waals surface area (Å²) in [6.07, 6.45) is 1.35. The number of hydrogen-bond donors (Lipinski definition) is 0. The molecular weight excluding hydrogens is 339 g/mol. The van der Waals surface area contributed by atoms with E-state index in [0.29, 0.717) is 16.5 Å². The van der Waals surface area contributed by atoms with Crippen LogP contribution in [0.2, 0.25) is 10.2 Å². The Kier molecular flexibility index (Phi) is 4.60. The maximum atomic E-state index is 12.0. The van der Waals surface area contributed by atoms with Gasteiger partial charge in [-0.2, -0.15) is 0 Å². The molecule has 0 unspecified atom stereocenters. The van der Waals surface area contributed by atoms with Crippen molar-refractivity contribution in [2.45, 2.75) is 6.61 Å². The molecule has 0 aliphatic carbocycles. The Morgan fingerprint density at radius 2 is 1.96 bits per heavy atom. The van der Waals surface area contributed by atoms with Crippen LogP contribution in [-0.2, 0) is 11.3 Å². The van der Waals surface area contributed by atoms with E-state index in [1.807, 2.05) is 30.3 Å². The molecule has 0 fully saturated rings. The summed E-state index contributed by atoms with van der Waals surface area (Å²) in [5, 5.41) is 4.27. The van der Waals surface area contributed by atoms with E-state index in [1.165, 1.54) is 12.3 Å². The second-order valence-corrected chi connectivity index (χ2v) is 5.41. The zero-order valence-electron chi connectivity index (χ0n) is 11.7. The normalized spacial score (nSPS) is 10.5. The molecule has 2 heterocycles. The highest BCUT2D eigenvalue weighted by Crippen LogP contribution is 2.21. The highest BCUT2D eigenvalue weighted by Gasteiger charge is 2.15. The molecule has 0 amide bonds. The van der Waals surface area contributed by atoms with Crippen molar-refractivity contribution < 1.29 is 14.1 Å². The zero-order valence-corrected chi connectivity index (χ0v) is 13.2. The van der Waals surface area contributed by atoms with Crippen LogP contribution in [0.15, 0.2) is 53.2 Å². The van der Waals surface area contributed by atoms with Gasteiger partial charge in [0.25, 0.3) is 0 Å². The van der Waals surface area contributed by atoms with Crippen LogP contribution in [0.4, 0.5) is 0 Å². The second-order valence-electron chi connectivity index (χ2n) is 4.61. The Morgan fingerprint density at radius 1 is 1.17 bits per heavy atom. The van der Waals surface area contributed by atoms with Crippen LogP contribution in [-0.4, -0.2) is 16.1 Å². The number of aromatic nitrogens is 2. The van der Waals surface area contributed by atoms with Crippen LogP contribution in [0, 0.1) is 0 Å². The van der Waals surface area contributed by atoms with E-state index in [4.69, 9.17) is 32.5 Å². The molecule has 116 valence electrons. The Morgan fingerprint density at radius 3 is 2.74 bits per heavy atom. The summed E-state index contributed by atoms with van der Waals surface area (Å²) < 4.78 is 10.3. The first-order chi connectivity index (χ1) is 11.1. The predicted molar refractivity (Wildman–Crippen MR) is 85.3 cm³/mol. The summed E-state index contributed by atoms with van der Waals surface area (Å²) in [6.45, 7) is -0.0679. The van der Waals surface area contributed by atoms with Crippen molar-refractivity contribution in [2.24, 2.45) is 0 Å². The molecule has 0 atom stereocenters. The molecule has 2 aromatic heterocycles. The van der Waals surface area contributed by atoms with Gasteiger partial charge in [0.1, 0.15) is 10.8 Å². The average Bonchev–Trinajstić information content (AvgIpc) is 3.05. The Labute approximate surface area is 141 Å². The first-order valence-corrected chi connectivity index (χ1v) is 7.38. The lowest BCUT2D eigenvalue weighted by molar-refractivity contribution is 0.0437. The lowest BCUT2D eigenvalue weighted by atomic mass is 10.1. The molecule has 3 aromatic rings. The number of carbonyl (C=O) groups is 1. The SMILES string of the molecule is O=C(OCc1cc(-c2ccccc2)no1)c1cc(Cl)cnc1Cl. The van der Waals surface area contributed by atoms with Gasteiger partial charge in [-0.05, 0) is 6.07 Å². The largest absolute Gasteiger partial charge is 0.454 e. The molecule has 0 N–H and O–H groups in total. The maximum absolute atomic E-state index is 12.0. The molecule has 0 saturated heterocycles. The van der Waals surface area contributed by atoms with E-state index in [-0.39, 0.29) is 17.3 Å². The zero-order chi connectivity index (χ0) is 16.2. The molecule has 0 spiro atoms. The topological polar surface area (TPSA) is 65.2 Å². The lowest BCUT2D eigenvalue weighted by Gasteiger charge is -2.04. The third-order valence-electron chi connectivity index (χ3n) is 3.00. The minimum absolute atomic E-state index is 0.0296. The van der Waals surface area contributed by atoms with Crippen LogP contribution < -0.4 is 0 Å². The minimum atomic E-state index is -0.636. The Bertz CT molecular complexity index is 834. The van der Waals surface area contributed by atoms with Crippen molar-refractivity contribution in [2.75, 3.05) is 0 Å². The molecule has 7 heteroatoms. The van der Waals surface area contributed by atoms with Gasteiger partial charge in [-0.15, -0.1) is 0 Å². The monoisotopic (exact) mass is 348 g/mol. The Hall–Kier alpha value is -2.37. The molecule has 1 aromatic carbocycles. The molecule has 0 aliphatic rings. The fourth-order valence-corrected chi connectivity index (χ4v) is 2.24. The summed E-state index contributed by atoms with van der Waals surface area (Å²) in [4.78, 5) is 15.8. The highest BCUT2D eigenvalue weighted by molar-refractivity contribution is 6.34. The summed E-state index contributed by atoms with van der Waals surface area (Å²) >= 11 is 11.6. The van der Waals surface area contributed by atoms with Gasteiger partial charge in [0, 0.05) is 17.8 Å². The number of hydrogen-bond acceptors (Lipinski definition) is 5. The number of pyridine rings is 1. The third kappa shape index (κ3) is 3.70. The van der Waals surface area contributed by atoms with Gasteiger partial charge in [0.05, 0.1) is 10.6 Å². The quantitative estimate of drug-likeness (QED) is 0.516. The summed E-state index contributed by atoms with van der Waals surface area (Å²) in [5.41, 5.74) is 1.68. The van der Waals surface area contributed by atoms with Crippen molar-refractivity contribution in [1.29, 1.82) is 0 Å². The van der Waals surface area contributed by atoms with Crippen molar-refractivity contribution in [1.82, 2.24) is 10.1 Å². The van der Waals surface area contributed by atoms with Crippen molar-refractivity contribution >= 4 is 29.2 Å². The fourth-order valence-electron chi connectivity index (χ4n) is 1.91. The van der Waals surface area contributed by atoms with Crippen molar-refractivity contribution in [3.8, 4) is 11.3 Å². The van der Waals surface area contributed by atoms with Crippen molar-refractivity contribution in [3.05, 3.63) is 70.2 Å². The van der Waals surface area contributed by atoms with Gasteiger partial charge in [-0.25, -0.2) is 9.78 Å². The van der Waals surface area contributed by atoms with E-state index in [9.17, 15) is 4.79 Å². The number of carbonyl (C=O) groups excluding carboxylic acids is 1. The van der Waals surface area contributed by atoms with Gasteiger partial charge in [0.15, 0.2) is 12.4 Å². The molecule has 0 radical (unpaired) electrons. The number of nitrogens with zero attached hydrogens (tertiary/aromatic N) is 2. The summed E-state index contributed by atoms with van der Waals surface area (Å²) in [7, 11) is 0. The van der Waals surface area contributed by atoms with Gasteiger partial charge in [-0.3, -0.25) is 0 Å². The van der Waals surface area contributed by atoms with E-state index in [2.05, 4.69) is 10.1 Å². The van der Waals surface area contributed by atoms with Crippen molar-refractivity contribution in [3.63, 3.8) is 0 Å². The third-order valence-corrected chi connectivity index (χ3v) is 3.51. The van der Waals surface area contributed by atoms with Gasteiger partial charge < -0.3 is 9.26 Å². The maximum Gasteiger partial charge on any atom is 0.341 e. The van der Waals surface area contributed by atoms with E-state index in [0.717, 1.165) is 5.56 Å². The van der Waals surface area contributed by atoms with E-state index < -0.39 is 5.97 Å². The first-order valence-electron chi connectivity index (χ1n) is 6.62. The van der Waals surface area contributed by atoms with Crippen LogP contribution in [0.5, 0.6) is 0 Å². The predicted octanol–water partition coefficient (Wildman–Crippen LogP) is 4.40. The smallest absolute Gasteiger partial charge is 0.341 e. The molecule has 0 aliphatic heterocycles. The molecule has 5 nitrogen and oxygen atoms in total. The average molecular weight is 349 g/mol. The number of esters is 1. The van der Waals surface area contributed by atoms with Crippen LogP contribution in [0.25, 0.3) is 11.3 Å². The van der Waals surface area contributed by atoms with Gasteiger partial charge in [0.2, 0.25) is 0 Å². The molecule has 0 bridgehead atoms. The van der Waals surface area contributed by atoms with E-state index >= 15 is 0 Å². The number of halogens is 2. The highest BCUT2D eigenvalue weighted by atomic mass is 35.5. The first kappa shape index (κ1) is 15.5. The van der Waals surface area contributed by atoms with Crippen LogP contribution >= 0.6 is 23.2 Å². The number of rotatable bonds is 4. The summed E-state index contributed by atoms with van der Waals surface area (Å²) in [5.74, 6) is -0.217. The lowest BCUT2D eigenvalue weighted by Crippen LogP contribution is -2.06.